The highest BCUT2D eigenvalue weighted by Crippen LogP contribution is 2.25. The van der Waals surface area contributed by atoms with Crippen LogP contribution in [0.5, 0.6) is 0 Å². The molecule has 0 aromatic heterocycles. The van der Waals surface area contributed by atoms with E-state index in [0.717, 1.165) is 0 Å². The number of carbonyl (C=O) groups excluding carboxylic acids is 1. The second-order valence-corrected chi connectivity index (χ2v) is 3.65. The highest BCUT2D eigenvalue weighted by Gasteiger charge is 2.19. The van der Waals surface area contributed by atoms with E-state index in [1.165, 1.54) is 32.8 Å². The molecule has 0 radical (unpaired) electrons. The van der Waals surface area contributed by atoms with Crippen molar-refractivity contribution in [3.8, 4) is 0 Å². The van der Waals surface area contributed by atoms with E-state index in [0.29, 0.717) is 12.5 Å². The Morgan fingerprint density at radius 1 is 1.46 bits per heavy atom. The molecule has 0 heterocycles. The molecule has 0 aromatic carbocycles. The summed E-state index contributed by atoms with van der Waals surface area (Å²) in [5.74, 6) is 0.380. The van der Waals surface area contributed by atoms with Crippen LogP contribution in [0, 0.1) is 5.92 Å². The van der Waals surface area contributed by atoms with Crippen molar-refractivity contribution in [1.82, 2.24) is 0 Å². The Morgan fingerprint density at radius 3 is 2.62 bits per heavy atom. The molecule has 13 heavy (non-hydrogen) atoms. The summed E-state index contributed by atoms with van der Waals surface area (Å²) < 4.78 is 9.97. The van der Waals surface area contributed by atoms with Gasteiger partial charge in [0.2, 0.25) is 0 Å². The molecule has 1 saturated carbocycles. The first-order valence-electron chi connectivity index (χ1n) is 4.93. The average molecular weight is 186 g/mol. The largest absolute Gasteiger partial charge is 0.467 e. The lowest BCUT2D eigenvalue weighted by Gasteiger charge is -2.14. The van der Waals surface area contributed by atoms with Crippen molar-refractivity contribution < 1.29 is 14.3 Å². The quantitative estimate of drug-likeness (QED) is 0.627. The van der Waals surface area contributed by atoms with Gasteiger partial charge in [0.1, 0.15) is 0 Å². The van der Waals surface area contributed by atoms with E-state index >= 15 is 0 Å². The minimum Gasteiger partial charge on any atom is -0.467 e. The predicted molar refractivity (Wildman–Crippen MR) is 49.4 cm³/mol. The van der Waals surface area contributed by atoms with Crippen LogP contribution in [0.2, 0.25) is 0 Å². The van der Waals surface area contributed by atoms with Crippen LogP contribution >= 0.6 is 0 Å². The third-order valence-corrected chi connectivity index (χ3v) is 2.59. The molecule has 0 saturated heterocycles. The first-order valence-corrected chi connectivity index (χ1v) is 4.93. The van der Waals surface area contributed by atoms with Crippen LogP contribution < -0.4 is 0 Å². The van der Waals surface area contributed by atoms with E-state index in [1.807, 2.05) is 0 Å². The maximum Gasteiger partial charge on any atom is 0.334 e. The highest BCUT2D eigenvalue weighted by atomic mass is 16.6. The number of carbonyl (C=O) groups is 1. The van der Waals surface area contributed by atoms with E-state index in [1.54, 1.807) is 6.92 Å². The molecule has 0 aromatic rings. The van der Waals surface area contributed by atoms with Gasteiger partial charge < -0.3 is 9.47 Å². The molecular formula is C10H18O3. The lowest BCUT2D eigenvalue weighted by molar-refractivity contribution is -0.153. The average Bonchev–Trinajstić information content (AvgIpc) is 2.65. The first-order chi connectivity index (χ1) is 6.24. The van der Waals surface area contributed by atoms with Gasteiger partial charge in [-0.1, -0.05) is 12.8 Å². The van der Waals surface area contributed by atoms with E-state index in [4.69, 9.17) is 4.74 Å². The molecule has 1 aliphatic rings. The monoisotopic (exact) mass is 186 g/mol. The topological polar surface area (TPSA) is 35.5 Å². The molecule has 0 bridgehead atoms. The summed E-state index contributed by atoms with van der Waals surface area (Å²) in [5, 5.41) is 0. The van der Waals surface area contributed by atoms with Crippen LogP contribution in [0.3, 0.4) is 0 Å². The van der Waals surface area contributed by atoms with Gasteiger partial charge in [-0.15, -0.1) is 0 Å². The zero-order valence-corrected chi connectivity index (χ0v) is 8.41. The number of rotatable bonds is 4. The fraction of sp³-hybridized carbons (Fsp3) is 0.900. The Kier molecular flexibility index (Phi) is 4.22. The van der Waals surface area contributed by atoms with E-state index in [2.05, 4.69) is 4.74 Å². The summed E-state index contributed by atoms with van der Waals surface area (Å²) >= 11 is 0. The summed E-state index contributed by atoms with van der Waals surface area (Å²) in [6.07, 6.45) is 4.69. The Balaban J connectivity index is 2.13. The van der Waals surface area contributed by atoms with E-state index in [9.17, 15) is 4.79 Å². The van der Waals surface area contributed by atoms with Crippen LogP contribution in [0.15, 0.2) is 0 Å². The fourth-order valence-electron chi connectivity index (χ4n) is 1.69. The van der Waals surface area contributed by atoms with Crippen LogP contribution in [0.25, 0.3) is 0 Å². The van der Waals surface area contributed by atoms with E-state index in [-0.39, 0.29) is 5.97 Å². The van der Waals surface area contributed by atoms with Crippen molar-refractivity contribution in [2.75, 3.05) is 13.7 Å². The molecule has 0 amide bonds. The van der Waals surface area contributed by atoms with Crippen molar-refractivity contribution in [1.29, 1.82) is 0 Å². The van der Waals surface area contributed by atoms with Crippen molar-refractivity contribution in [3.05, 3.63) is 0 Å². The molecule has 0 aliphatic heterocycles. The zero-order valence-electron chi connectivity index (χ0n) is 8.41. The Morgan fingerprint density at radius 2 is 2.08 bits per heavy atom. The number of ether oxygens (including phenoxy) is 2. The normalized spacial score (nSPS) is 20.2. The lowest BCUT2D eigenvalue weighted by Crippen LogP contribution is -2.24. The number of methoxy groups -OCH3 is 1. The highest BCUT2D eigenvalue weighted by molar-refractivity contribution is 5.73. The Hall–Kier alpha value is -0.570. The van der Waals surface area contributed by atoms with Crippen molar-refractivity contribution in [2.24, 2.45) is 5.92 Å². The lowest BCUT2D eigenvalue weighted by atomic mass is 10.1. The van der Waals surface area contributed by atoms with Gasteiger partial charge in [0.25, 0.3) is 0 Å². The first kappa shape index (κ1) is 10.5. The van der Waals surface area contributed by atoms with Gasteiger partial charge in [-0.3, -0.25) is 0 Å². The summed E-state index contributed by atoms with van der Waals surface area (Å²) in [4.78, 5) is 11.0. The van der Waals surface area contributed by atoms with Gasteiger partial charge in [-0.05, 0) is 25.7 Å². The van der Waals surface area contributed by atoms with Crippen LogP contribution in [-0.2, 0) is 14.3 Å². The van der Waals surface area contributed by atoms with Crippen LogP contribution in [0.4, 0.5) is 0 Å². The maximum absolute atomic E-state index is 11.0. The fourth-order valence-corrected chi connectivity index (χ4v) is 1.69. The van der Waals surface area contributed by atoms with Gasteiger partial charge in [-0.25, -0.2) is 4.79 Å². The van der Waals surface area contributed by atoms with Gasteiger partial charge in [0, 0.05) is 0 Å². The molecule has 76 valence electrons. The van der Waals surface area contributed by atoms with Gasteiger partial charge in [0.15, 0.2) is 6.10 Å². The summed E-state index contributed by atoms with van der Waals surface area (Å²) in [6.45, 7) is 2.44. The molecule has 0 unspecified atom stereocenters. The number of esters is 1. The maximum atomic E-state index is 11.0. The van der Waals surface area contributed by atoms with Crippen molar-refractivity contribution in [3.63, 3.8) is 0 Å². The molecule has 0 N–H and O–H groups in total. The second-order valence-electron chi connectivity index (χ2n) is 3.65. The van der Waals surface area contributed by atoms with Gasteiger partial charge >= 0.3 is 5.97 Å². The molecular weight excluding hydrogens is 168 g/mol. The minimum atomic E-state index is -0.411. The molecule has 1 aliphatic carbocycles. The number of hydrogen-bond donors (Lipinski definition) is 0. The molecule has 1 rings (SSSR count). The second kappa shape index (κ2) is 5.22. The molecule has 3 nitrogen and oxygen atoms in total. The standard InChI is InChI=1S/C10H18O3/c1-8(10(11)12-2)13-7-9-5-3-4-6-9/h8-9H,3-7H2,1-2H3/t8-/m0/s1. The van der Waals surface area contributed by atoms with Crippen LogP contribution in [-0.4, -0.2) is 25.8 Å². The summed E-state index contributed by atoms with van der Waals surface area (Å²) in [6, 6.07) is 0. The SMILES string of the molecule is COC(=O)[C@H](C)OCC1CCCC1. The van der Waals surface area contributed by atoms with Crippen LogP contribution in [0.1, 0.15) is 32.6 Å². The smallest absolute Gasteiger partial charge is 0.334 e. The predicted octanol–water partition coefficient (Wildman–Crippen LogP) is 1.75. The minimum absolute atomic E-state index is 0.280. The third kappa shape index (κ3) is 3.35. The van der Waals surface area contributed by atoms with Gasteiger partial charge in [0.05, 0.1) is 13.7 Å². The number of hydrogen-bond acceptors (Lipinski definition) is 3. The Labute approximate surface area is 79.4 Å². The third-order valence-electron chi connectivity index (χ3n) is 2.59. The zero-order chi connectivity index (χ0) is 9.68. The molecule has 0 spiro atoms. The van der Waals surface area contributed by atoms with Crippen molar-refractivity contribution in [2.45, 2.75) is 38.7 Å². The Bertz CT molecular complexity index is 162. The summed E-state index contributed by atoms with van der Waals surface area (Å²) in [5.41, 5.74) is 0. The summed E-state index contributed by atoms with van der Waals surface area (Å²) in [7, 11) is 1.39. The van der Waals surface area contributed by atoms with Gasteiger partial charge in [-0.2, -0.15) is 0 Å². The van der Waals surface area contributed by atoms with E-state index < -0.39 is 6.10 Å². The molecule has 1 atom stereocenters. The van der Waals surface area contributed by atoms with Crippen molar-refractivity contribution >= 4 is 5.97 Å². The molecule has 3 heteroatoms. The molecule has 1 fully saturated rings.